The molecule has 3 heterocycles. The molecular formula is C34H30F2N4O2. The van der Waals surface area contributed by atoms with Crippen molar-refractivity contribution < 1.29 is 18.7 Å². The third-order valence-electron chi connectivity index (χ3n) is 8.70. The second-order valence-electron chi connectivity index (χ2n) is 11.4. The molecule has 1 unspecified atom stereocenters. The van der Waals surface area contributed by atoms with Gasteiger partial charge >= 0.3 is 0 Å². The Morgan fingerprint density at radius 3 is 2.50 bits per heavy atom. The summed E-state index contributed by atoms with van der Waals surface area (Å²) in [5.74, 6) is -0.524. The second kappa shape index (κ2) is 10.4. The molecule has 7 rings (SSSR count). The quantitative estimate of drug-likeness (QED) is 0.247. The van der Waals surface area contributed by atoms with Crippen molar-refractivity contribution in [1.29, 1.82) is 0 Å². The van der Waals surface area contributed by atoms with Crippen LogP contribution in [0.1, 0.15) is 57.7 Å². The fourth-order valence-electron chi connectivity index (χ4n) is 6.38. The minimum Gasteiger partial charge on any atom is -0.508 e. The fourth-order valence-corrected chi connectivity index (χ4v) is 6.38. The van der Waals surface area contributed by atoms with Gasteiger partial charge in [0.05, 0.1) is 11.0 Å². The summed E-state index contributed by atoms with van der Waals surface area (Å²) in [5.41, 5.74) is 5.19. The number of aromatic amines is 1. The number of phenolic OH excluding ortho intramolecular Hbond substituents is 1. The molecule has 2 aliphatic heterocycles. The van der Waals surface area contributed by atoms with Crippen LogP contribution in [-0.2, 0) is 6.54 Å². The number of nitrogens with one attached hydrogen (secondary N) is 1. The Kier molecular flexibility index (Phi) is 6.50. The van der Waals surface area contributed by atoms with Gasteiger partial charge in [-0.3, -0.25) is 4.79 Å². The molecule has 2 aliphatic rings. The van der Waals surface area contributed by atoms with Crippen LogP contribution in [0.4, 0.5) is 8.78 Å². The first-order valence-electron chi connectivity index (χ1n) is 14.2. The van der Waals surface area contributed by atoms with Crippen LogP contribution in [0.3, 0.4) is 0 Å². The molecule has 6 nitrogen and oxygen atoms in total. The zero-order valence-electron chi connectivity index (χ0n) is 23.1. The van der Waals surface area contributed by atoms with Gasteiger partial charge in [0.2, 0.25) is 0 Å². The molecule has 42 heavy (non-hydrogen) atoms. The molecule has 0 spiro atoms. The lowest BCUT2D eigenvalue weighted by Crippen LogP contribution is -2.31. The van der Waals surface area contributed by atoms with Gasteiger partial charge in [0, 0.05) is 17.7 Å². The second-order valence-corrected chi connectivity index (χ2v) is 11.4. The number of halogens is 2. The van der Waals surface area contributed by atoms with Gasteiger partial charge in [0.15, 0.2) is 0 Å². The van der Waals surface area contributed by atoms with Crippen LogP contribution in [0.2, 0.25) is 0 Å². The SMILES string of the molecule is CN1CCC(c2ccc(-c3ccc4c(c3)C(=O)N(C(c3nc5ccccc5[nH]3)c3cc(F)ccc3O)C4)cc2F)CC1. The molecule has 0 bridgehead atoms. The Morgan fingerprint density at radius 1 is 0.952 bits per heavy atom. The number of hydrogen-bond donors (Lipinski definition) is 2. The topological polar surface area (TPSA) is 72.5 Å². The maximum absolute atomic E-state index is 15.3. The van der Waals surface area contributed by atoms with Gasteiger partial charge in [-0.15, -0.1) is 0 Å². The molecule has 1 fully saturated rings. The molecule has 0 aliphatic carbocycles. The molecule has 0 saturated carbocycles. The summed E-state index contributed by atoms with van der Waals surface area (Å²) in [6.45, 7) is 2.16. The van der Waals surface area contributed by atoms with Crippen molar-refractivity contribution in [3.05, 3.63) is 119 Å². The van der Waals surface area contributed by atoms with E-state index >= 15 is 4.39 Å². The number of hydrogen-bond acceptors (Lipinski definition) is 4. The Bertz CT molecular complexity index is 1790. The standard InChI is InChI=1S/C34H30F2N4O2/c1-39-14-12-20(13-15-39)25-10-8-22(17-28(25)36)21-6-7-23-19-40(34(42)26(23)16-21)32(27-18-24(35)9-11-31(27)41)33-37-29-4-2-3-5-30(29)38-33/h2-11,16-18,20,32,41H,12-15,19H2,1H3,(H,37,38). The number of fused-ring (bicyclic) bond motifs is 2. The minimum absolute atomic E-state index is 0.133. The number of aromatic hydroxyl groups is 1. The van der Waals surface area contributed by atoms with Gasteiger partial charge in [-0.25, -0.2) is 13.8 Å². The third kappa shape index (κ3) is 4.61. The number of carbonyl (C=O) groups excluding carboxylic acids is 1. The first-order chi connectivity index (χ1) is 20.4. The molecule has 4 aromatic carbocycles. The number of piperidine rings is 1. The van der Waals surface area contributed by atoms with E-state index in [2.05, 4.69) is 16.9 Å². The fraction of sp³-hybridized carbons (Fsp3) is 0.235. The number of carbonyl (C=O) groups is 1. The van der Waals surface area contributed by atoms with Gasteiger partial charge < -0.3 is 19.9 Å². The normalized spacial score (nSPS) is 16.7. The number of amides is 1. The van der Waals surface area contributed by atoms with E-state index in [4.69, 9.17) is 4.98 Å². The molecule has 1 atom stereocenters. The van der Waals surface area contributed by atoms with Crippen LogP contribution in [0.5, 0.6) is 5.75 Å². The third-order valence-corrected chi connectivity index (χ3v) is 8.70. The summed E-state index contributed by atoms with van der Waals surface area (Å²) >= 11 is 0. The van der Waals surface area contributed by atoms with Gasteiger partial charge in [0.1, 0.15) is 29.3 Å². The Hall–Kier alpha value is -4.56. The van der Waals surface area contributed by atoms with E-state index in [1.807, 2.05) is 48.5 Å². The number of aromatic nitrogens is 2. The van der Waals surface area contributed by atoms with Gasteiger partial charge in [-0.2, -0.15) is 0 Å². The molecule has 2 N–H and O–H groups in total. The number of phenols is 1. The minimum atomic E-state index is -0.859. The number of imidazole rings is 1. The number of nitrogens with zero attached hydrogens (tertiary/aromatic N) is 3. The van der Waals surface area contributed by atoms with Crippen molar-refractivity contribution in [3.8, 4) is 16.9 Å². The molecule has 1 aromatic heterocycles. The van der Waals surface area contributed by atoms with E-state index in [9.17, 15) is 14.3 Å². The molecule has 8 heteroatoms. The van der Waals surface area contributed by atoms with E-state index < -0.39 is 11.9 Å². The molecule has 5 aromatic rings. The van der Waals surface area contributed by atoms with Crippen molar-refractivity contribution in [3.63, 3.8) is 0 Å². The summed E-state index contributed by atoms with van der Waals surface area (Å²) < 4.78 is 29.8. The maximum Gasteiger partial charge on any atom is 0.255 e. The van der Waals surface area contributed by atoms with Crippen molar-refractivity contribution in [2.45, 2.75) is 31.3 Å². The monoisotopic (exact) mass is 564 g/mol. The van der Waals surface area contributed by atoms with Crippen LogP contribution in [0, 0.1) is 11.6 Å². The first-order valence-corrected chi connectivity index (χ1v) is 14.2. The molecule has 212 valence electrons. The number of para-hydroxylation sites is 2. The molecule has 0 radical (unpaired) electrons. The summed E-state index contributed by atoms with van der Waals surface area (Å²) in [6.07, 6.45) is 1.87. The van der Waals surface area contributed by atoms with E-state index in [-0.39, 0.29) is 35.5 Å². The van der Waals surface area contributed by atoms with Crippen molar-refractivity contribution >= 4 is 16.9 Å². The number of rotatable bonds is 5. The Morgan fingerprint density at radius 2 is 1.71 bits per heavy atom. The van der Waals surface area contributed by atoms with Crippen molar-refractivity contribution in [2.24, 2.45) is 0 Å². The molecular weight excluding hydrogens is 534 g/mol. The van der Waals surface area contributed by atoms with Crippen molar-refractivity contribution in [2.75, 3.05) is 20.1 Å². The number of likely N-dealkylation sites (tertiary alicyclic amines) is 1. The lowest BCUT2D eigenvalue weighted by atomic mass is 9.88. The molecule has 1 saturated heterocycles. The van der Waals surface area contributed by atoms with E-state index in [1.165, 1.54) is 18.2 Å². The summed E-state index contributed by atoms with van der Waals surface area (Å²) in [7, 11) is 2.09. The van der Waals surface area contributed by atoms with E-state index in [0.717, 1.165) is 48.1 Å². The zero-order chi connectivity index (χ0) is 29.0. The highest BCUT2D eigenvalue weighted by Crippen LogP contribution is 2.40. The van der Waals surface area contributed by atoms with Crippen LogP contribution >= 0.6 is 0 Å². The lowest BCUT2D eigenvalue weighted by Gasteiger charge is -2.29. The first kappa shape index (κ1) is 26.3. The number of benzene rings is 4. The zero-order valence-corrected chi connectivity index (χ0v) is 23.1. The Labute approximate surface area is 242 Å². The predicted octanol–water partition coefficient (Wildman–Crippen LogP) is 6.77. The smallest absolute Gasteiger partial charge is 0.255 e. The van der Waals surface area contributed by atoms with E-state index in [0.29, 0.717) is 22.5 Å². The van der Waals surface area contributed by atoms with Crippen LogP contribution < -0.4 is 0 Å². The predicted molar refractivity (Wildman–Crippen MR) is 157 cm³/mol. The van der Waals surface area contributed by atoms with Gasteiger partial charge in [-0.05, 0) is 104 Å². The summed E-state index contributed by atoms with van der Waals surface area (Å²) in [5, 5.41) is 10.8. The van der Waals surface area contributed by atoms with Crippen LogP contribution in [-0.4, -0.2) is 50.9 Å². The largest absolute Gasteiger partial charge is 0.508 e. The summed E-state index contributed by atoms with van der Waals surface area (Å²) in [4.78, 5) is 25.8. The highest BCUT2D eigenvalue weighted by molar-refractivity contribution is 6.00. The van der Waals surface area contributed by atoms with Crippen LogP contribution in [0.25, 0.3) is 22.2 Å². The summed E-state index contributed by atoms with van der Waals surface area (Å²) in [6, 6.07) is 21.3. The highest BCUT2D eigenvalue weighted by atomic mass is 19.1. The average molecular weight is 565 g/mol. The van der Waals surface area contributed by atoms with Gasteiger partial charge in [0.25, 0.3) is 5.91 Å². The maximum atomic E-state index is 15.3. The highest BCUT2D eigenvalue weighted by Gasteiger charge is 2.37. The molecule has 1 amide bonds. The lowest BCUT2D eigenvalue weighted by molar-refractivity contribution is 0.0723. The van der Waals surface area contributed by atoms with Gasteiger partial charge in [-0.1, -0.05) is 36.4 Å². The van der Waals surface area contributed by atoms with Crippen LogP contribution in [0.15, 0.2) is 78.9 Å². The average Bonchev–Trinajstić information content (AvgIpc) is 3.56. The van der Waals surface area contributed by atoms with Crippen molar-refractivity contribution in [1.82, 2.24) is 19.8 Å². The Balaban J connectivity index is 1.23. The van der Waals surface area contributed by atoms with E-state index in [1.54, 1.807) is 17.0 Å². The number of H-pyrrole nitrogens is 1.